The largest absolute Gasteiger partial charge is 0.368 e. The van der Waals surface area contributed by atoms with E-state index in [1.807, 2.05) is 11.0 Å². The minimum atomic E-state index is -0.383. The Morgan fingerprint density at radius 2 is 1.44 bits per heavy atom. The molecule has 2 aromatic carbocycles. The van der Waals surface area contributed by atoms with Crippen molar-refractivity contribution in [3.63, 3.8) is 0 Å². The van der Waals surface area contributed by atoms with Crippen LogP contribution in [0.3, 0.4) is 0 Å². The van der Waals surface area contributed by atoms with Crippen molar-refractivity contribution in [1.29, 1.82) is 0 Å². The van der Waals surface area contributed by atoms with Gasteiger partial charge in [0, 0.05) is 49.6 Å². The van der Waals surface area contributed by atoms with Crippen LogP contribution < -0.4 is 9.80 Å². The summed E-state index contributed by atoms with van der Waals surface area (Å²) in [6, 6.07) is 11.8. The zero-order chi connectivity index (χ0) is 18.0. The van der Waals surface area contributed by atoms with E-state index in [4.69, 9.17) is 0 Å². The maximum absolute atomic E-state index is 11.2. The van der Waals surface area contributed by atoms with E-state index in [0.717, 1.165) is 5.69 Å². The molecule has 0 bridgehead atoms. The van der Waals surface area contributed by atoms with Crippen LogP contribution in [0.5, 0.6) is 0 Å². The lowest BCUT2D eigenvalue weighted by atomic mass is 10.1. The van der Waals surface area contributed by atoms with Gasteiger partial charge in [0.25, 0.3) is 11.4 Å². The first kappa shape index (κ1) is 16.7. The standard InChI is InChI=1S/C17H18N4O4/c1-13-12-14(6-7-15(13)20(22)23)18-8-10-19(11-9-18)16-4-2-3-5-17(16)21(24)25/h2-7,12H,8-11H2,1H3. The van der Waals surface area contributed by atoms with Gasteiger partial charge in [0.1, 0.15) is 5.69 Å². The van der Waals surface area contributed by atoms with Gasteiger partial charge in [-0.3, -0.25) is 20.2 Å². The minimum absolute atomic E-state index is 0.113. The minimum Gasteiger partial charge on any atom is -0.368 e. The maximum Gasteiger partial charge on any atom is 0.292 e. The number of nitrogens with zero attached hydrogens (tertiary/aromatic N) is 4. The summed E-state index contributed by atoms with van der Waals surface area (Å²) in [6.07, 6.45) is 0. The molecule has 0 aliphatic carbocycles. The molecule has 1 aliphatic rings. The third kappa shape index (κ3) is 3.37. The number of hydrogen-bond acceptors (Lipinski definition) is 6. The molecule has 0 atom stereocenters. The van der Waals surface area contributed by atoms with Crippen molar-refractivity contribution in [2.24, 2.45) is 0 Å². The normalized spacial score (nSPS) is 14.4. The van der Waals surface area contributed by atoms with Gasteiger partial charge in [-0.05, 0) is 25.1 Å². The van der Waals surface area contributed by atoms with Gasteiger partial charge in [0.2, 0.25) is 0 Å². The SMILES string of the molecule is Cc1cc(N2CCN(c3ccccc3[N+](=O)[O-])CC2)ccc1[N+](=O)[O-]. The van der Waals surface area contributed by atoms with Crippen molar-refractivity contribution < 1.29 is 9.85 Å². The van der Waals surface area contributed by atoms with Gasteiger partial charge in [-0.15, -0.1) is 0 Å². The molecule has 0 amide bonds. The van der Waals surface area contributed by atoms with Crippen molar-refractivity contribution in [3.05, 3.63) is 68.3 Å². The lowest BCUT2D eigenvalue weighted by Crippen LogP contribution is -2.46. The predicted octanol–water partition coefficient (Wildman–Crippen LogP) is 3.14. The highest BCUT2D eigenvalue weighted by Crippen LogP contribution is 2.30. The highest BCUT2D eigenvalue weighted by molar-refractivity contribution is 5.64. The molecule has 1 heterocycles. The molecule has 0 N–H and O–H groups in total. The Labute approximate surface area is 144 Å². The number of para-hydroxylation sites is 2. The van der Waals surface area contributed by atoms with E-state index >= 15 is 0 Å². The van der Waals surface area contributed by atoms with Crippen molar-refractivity contribution >= 4 is 22.7 Å². The zero-order valence-electron chi connectivity index (χ0n) is 13.8. The molecule has 130 valence electrons. The fraction of sp³-hybridized carbons (Fsp3) is 0.294. The molecule has 0 saturated carbocycles. The maximum atomic E-state index is 11.2. The molecule has 8 nitrogen and oxygen atoms in total. The molecule has 1 aliphatic heterocycles. The van der Waals surface area contributed by atoms with Gasteiger partial charge in [-0.1, -0.05) is 12.1 Å². The number of nitro groups is 2. The molecular weight excluding hydrogens is 324 g/mol. The molecule has 0 radical (unpaired) electrons. The summed E-state index contributed by atoms with van der Waals surface area (Å²) in [6.45, 7) is 4.43. The number of anilines is 2. The van der Waals surface area contributed by atoms with E-state index in [0.29, 0.717) is 37.4 Å². The molecule has 2 aromatic rings. The van der Waals surface area contributed by atoms with Crippen LogP contribution in [0.15, 0.2) is 42.5 Å². The second-order valence-electron chi connectivity index (χ2n) is 5.95. The first-order valence-corrected chi connectivity index (χ1v) is 7.96. The second-order valence-corrected chi connectivity index (χ2v) is 5.95. The third-order valence-electron chi connectivity index (χ3n) is 4.44. The Morgan fingerprint density at radius 1 is 0.840 bits per heavy atom. The molecule has 1 fully saturated rings. The van der Waals surface area contributed by atoms with E-state index in [1.165, 1.54) is 12.1 Å². The van der Waals surface area contributed by atoms with Crippen LogP contribution in [0.2, 0.25) is 0 Å². The number of hydrogen-bond donors (Lipinski definition) is 0. The quantitative estimate of drug-likeness (QED) is 0.626. The van der Waals surface area contributed by atoms with Crippen molar-refractivity contribution in [3.8, 4) is 0 Å². The summed E-state index contributed by atoms with van der Waals surface area (Å²) in [5.74, 6) is 0. The third-order valence-corrected chi connectivity index (χ3v) is 4.44. The Hall–Kier alpha value is -3.16. The fourth-order valence-corrected chi connectivity index (χ4v) is 3.13. The molecule has 25 heavy (non-hydrogen) atoms. The summed E-state index contributed by atoms with van der Waals surface area (Å²) in [7, 11) is 0. The van der Waals surface area contributed by atoms with Crippen molar-refractivity contribution in [1.82, 2.24) is 0 Å². The second kappa shape index (κ2) is 6.76. The van der Waals surface area contributed by atoms with Gasteiger partial charge < -0.3 is 9.80 Å². The average Bonchev–Trinajstić information content (AvgIpc) is 2.61. The van der Waals surface area contributed by atoms with Crippen LogP contribution in [-0.4, -0.2) is 36.0 Å². The van der Waals surface area contributed by atoms with Crippen LogP contribution in [0.25, 0.3) is 0 Å². The molecular formula is C17H18N4O4. The van der Waals surface area contributed by atoms with Crippen molar-refractivity contribution in [2.45, 2.75) is 6.92 Å². The highest BCUT2D eigenvalue weighted by Gasteiger charge is 2.24. The van der Waals surface area contributed by atoms with Crippen LogP contribution in [0.4, 0.5) is 22.7 Å². The predicted molar refractivity (Wildman–Crippen MR) is 95.4 cm³/mol. The molecule has 1 saturated heterocycles. The summed E-state index contributed by atoms with van der Waals surface area (Å²) in [5.41, 5.74) is 2.42. The summed E-state index contributed by atoms with van der Waals surface area (Å²) in [5, 5.41) is 22.1. The summed E-state index contributed by atoms with van der Waals surface area (Å²) in [4.78, 5) is 25.5. The van der Waals surface area contributed by atoms with Crippen LogP contribution in [-0.2, 0) is 0 Å². The molecule has 8 heteroatoms. The summed E-state index contributed by atoms with van der Waals surface area (Å²) < 4.78 is 0. The van der Waals surface area contributed by atoms with Gasteiger partial charge in [-0.25, -0.2) is 0 Å². The average molecular weight is 342 g/mol. The highest BCUT2D eigenvalue weighted by atomic mass is 16.6. The Bertz CT molecular complexity index is 816. The molecule has 0 spiro atoms. The van der Waals surface area contributed by atoms with Crippen LogP contribution in [0.1, 0.15) is 5.56 Å². The van der Waals surface area contributed by atoms with Gasteiger partial charge >= 0.3 is 0 Å². The number of benzene rings is 2. The van der Waals surface area contributed by atoms with Gasteiger partial charge in [-0.2, -0.15) is 0 Å². The summed E-state index contributed by atoms with van der Waals surface area (Å²) >= 11 is 0. The Morgan fingerprint density at radius 3 is 2.04 bits per heavy atom. The van der Waals surface area contributed by atoms with E-state index in [9.17, 15) is 20.2 Å². The molecule has 3 rings (SSSR count). The number of piperazine rings is 1. The lowest BCUT2D eigenvalue weighted by molar-refractivity contribution is -0.385. The topological polar surface area (TPSA) is 92.8 Å². The smallest absolute Gasteiger partial charge is 0.292 e. The van der Waals surface area contributed by atoms with E-state index in [-0.39, 0.29) is 21.2 Å². The fourth-order valence-electron chi connectivity index (χ4n) is 3.13. The first-order chi connectivity index (χ1) is 12.0. The van der Waals surface area contributed by atoms with Gasteiger partial charge in [0.15, 0.2) is 0 Å². The zero-order valence-corrected chi connectivity index (χ0v) is 13.8. The molecule has 0 aromatic heterocycles. The lowest BCUT2D eigenvalue weighted by Gasteiger charge is -2.37. The number of nitro benzene ring substituents is 2. The first-order valence-electron chi connectivity index (χ1n) is 7.96. The van der Waals surface area contributed by atoms with E-state index < -0.39 is 0 Å². The number of rotatable bonds is 4. The number of aryl methyl sites for hydroxylation is 1. The Kier molecular flexibility index (Phi) is 4.51. The molecule has 0 unspecified atom stereocenters. The van der Waals surface area contributed by atoms with E-state index in [2.05, 4.69) is 4.90 Å². The van der Waals surface area contributed by atoms with Gasteiger partial charge in [0.05, 0.1) is 9.85 Å². The Balaban J connectivity index is 1.73. The van der Waals surface area contributed by atoms with Crippen LogP contribution >= 0.6 is 0 Å². The van der Waals surface area contributed by atoms with E-state index in [1.54, 1.807) is 31.2 Å². The van der Waals surface area contributed by atoms with Crippen molar-refractivity contribution in [2.75, 3.05) is 36.0 Å². The monoisotopic (exact) mass is 342 g/mol. The van der Waals surface area contributed by atoms with Crippen LogP contribution in [0, 0.1) is 27.2 Å².